The first-order valence-electron chi connectivity index (χ1n) is 12.4. The molecular formula is C26H37N5O4S. The third-order valence-electron chi connectivity index (χ3n) is 5.93. The van der Waals surface area contributed by atoms with E-state index in [9.17, 15) is 19.6 Å². The van der Waals surface area contributed by atoms with Gasteiger partial charge in [-0.15, -0.1) is 11.8 Å². The van der Waals surface area contributed by atoms with Crippen molar-refractivity contribution in [3.05, 3.63) is 36.9 Å². The average molecular weight is 516 g/mol. The summed E-state index contributed by atoms with van der Waals surface area (Å²) in [6.45, 7) is 12.6. The maximum Gasteiger partial charge on any atom is 0.323 e. The number of rotatable bonds is 15. The number of anilines is 2. The van der Waals surface area contributed by atoms with Gasteiger partial charge in [0.2, 0.25) is 11.8 Å². The van der Waals surface area contributed by atoms with Crippen molar-refractivity contribution in [2.24, 2.45) is 5.92 Å². The molecular weight excluding hydrogens is 478 g/mol. The summed E-state index contributed by atoms with van der Waals surface area (Å²) in [5, 5.41) is 15.2. The van der Waals surface area contributed by atoms with Gasteiger partial charge in [-0.05, 0) is 44.6 Å². The molecule has 0 saturated carbocycles. The fraction of sp³-hybridized carbons (Fsp3) is 0.538. The van der Waals surface area contributed by atoms with Crippen LogP contribution in [0.2, 0.25) is 0 Å². The number of nitrogens with one attached hydrogen (secondary N) is 2. The second-order valence-corrected chi connectivity index (χ2v) is 9.73. The highest BCUT2D eigenvalue weighted by atomic mass is 32.2. The first-order chi connectivity index (χ1) is 17.4. The van der Waals surface area contributed by atoms with E-state index in [2.05, 4.69) is 17.2 Å². The van der Waals surface area contributed by atoms with Crippen LogP contribution in [0.25, 0.3) is 0 Å². The molecule has 1 heterocycles. The van der Waals surface area contributed by atoms with Gasteiger partial charge in [0, 0.05) is 30.9 Å². The summed E-state index contributed by atoms with van der Waals surface area (Å²) >= 11 is 1.49. The number of ether oxygens (including phenoxy) is 1. The minimum Gasteiger partial charge on any atom is -0.460 e. The smallest absolute Gasteiger partial charge is 0.323 e. The Kier molecular flexibility index (Phi) is 12.3. The molecule has 3 atom stereocenters. The van der Waals surface area contributed by atoms with Crippen molar-refractivity contribution < 1.29 is 19.1 Å². The van der Waals surface area contributed by atoms with Crippen LogP contribution >= 0.6 is 11.8 Å². The van der Waals surface area contributed by atoms with Crippen LogP contribution in [0.3, 0.4) is 0 Å². The number of hydrogen-bond donors (Lipinski definition) is 2. The summed E-state index contributed by atoms with van der Waals surface area (Å²) < 4.78 is 5.02. The SMILES string of the molecule is C=CCOC(=O)C(C#N)CC1SC(CCNc2cccc(NC(=O)CN(CC)CC)c2)C(=O)N1CC. The third-order valence-corrected chi connectivity index (χ3v) is 7.46. The Labute approximate surface area is 218 Å². The number of likely N-dealkylation sites (N-methyl/N-ethyl adjacent to an activating group) is 1. The van der Waals surface area contributed by atoms with E-state index in [0.29, 0.717) is 31.7 Å². The van der Waals surface area contributed by atoms with Gasteiger partial charge in [0.1, 0.15) is 12.5 Å². The quantitative estimate of drug-likeness (QED) is 0.270. The van der Waals surface area contributed by atoms with E-state index >= 15 is 0 Å². The molecule has 0 aliphatic carbocycles. The van der Waals surface area contributed by atoms with Crippen molar-refractivity contribution >= 4 is 40.9 Å². The van der Waals surface area contributed by atoms with Gasteiger partial charge in [0.05, 0.1) is 23.2 Å². The van der Waals surface area contributed by atoms with Crippen molar-refractivity contribution in [1.29, 1.82) is 5.26 Å². The zero-order chi connectivity index (χ0) is 26.5. The van der Waals surface area contributed by atoms with Gasteiger partial charge < -0.3 is 20.3 Å². The molecule has 1 fully saturated rings. The molecule has 0 aromatic heterocycles. The first-order valence-corrected chi connectivity index (χ1v) is 13.3. The lowest BCUT2D eigenvalue weighted by Crippen LogP contribution is -2.36. The van der Waals surface area contributed by atoms with Crippen LogP contribution in [0.1, 0.15) is 33.6 Å². The minimum absolute atomic E-state index is 0.0165. The van der Waals surface area contributed by atoms with Crippen molar-refractivity contribution in [3.63, 3.8) is 0 Å². The highest BCUT2D eigenvalue weighted by Crippen LogP contribution is 2.37. The second kappa shape index (κ2) is 15.2. The number of benzene rings is 1. The number of amides is 2. The Morgan fingerprint density at radius 2 is 2.03 bits per heavy atom. The molecule has 0 spiro atoms. The summed E-state index contributed by atoms with van der Waals surface area (Å²) in [5.74, 6) is -1.56. The molecule has 10 heteroatoms. The van der Waals surface area contributed by atoms with Crippen LogP contribution in [0.5, 0.6) is 0 Å². The molecule has 196 valence electrons. The van der Waals surface area contributed by atoms with Crippen molar-refractivity contribution in [1.82, 2.24) is 9.80 Å². The largest absolute Gasteiger partial charge is 0.460 e. The maximum atomic E-state index is 12.9. The Bertz CT molecular complexity index is 947. The van der Waals surface area contributed by atoms with Crippen LogP contribution in [0.4, 0.5) is 11.4 Å². The Balaban J connectivity index is 1.89. The normalized spacial score (nSPS) is 18.0. The Hall–Kier alpha value is -3.03. The molecule has 1 aromatic carbocycles. The number of carbonyl (C=O) groups is 3. The molecule has 1 aliphatic heterocycles. The molecule has 3 unspecified atom stereocenters. The minimum atomic E-state index is -0.930. The molecule has 0 bridgehead atoms. The van der Waals surface area contributed by atoms with Gasteiger partial charge >= 0.3 is 5.97 Å². The Morgan fingerprint density at radius 1 is 1.31 bits per heavy atom. The first kappa shape index (κ1) is 29.2. The molecule has 9 nitrogen and oxygen atoms in total. The maximum absolute atomic E-state index is 12.9. The van der Waals surface area contributed by atoms with Gasteiger partial charge in [-0.25, -0.2) is 0 Å². The van der Waals surface area contributed by atoms with Crippen molar-refractivity contribution in [2.45, 2.75) is 44.2 Å². The number of nitriles is 1. The fourth-order valence-corrected chi connectivity index (χ4v) is 5.52. The molecule has 0 radical (unpaired) electrons. The zero-order valence-corrected chi connectivity index (χ0v) is 22.2. The number of hydrogen-bond acceptors (Lipinski definition) is 8. The number of carbonyl (C=O) groups excluding carboxylic acids is 3. The van der Waals surface area contributed by atoms with Crippen LogP contribution in [-0.4, -0.2) is 77.5 Å². The Morgan fingerprint density at radius 3 is 2.67 bits per heavy atom. The predicted octanol–water partition coefficient (Wildman–Crippen LogP) is 3.32. The number of thioether (sulfide) groups is 1. The van der Waals surface area contributed by atoms with Gasteiger partial charge in [0.15, 0.2) is 0 Å². The predicted molar refractivity (Wildman–Crippen MR) is 143 cm³/mol. The van der Waals surface area contributed by atoms with Gasteiger partial charge in [0.25, 0.3) is 0 Å². The topological polar surface area (TPSA) is 115 Å². The van der Waals surface area contributed by atoms with Crippen LogP contribution in [0, 0.1) is 17.2 Å². The zero-order valence-electron chi connectivity index (χ0n) is 21.4. The highest BCUT2D eigenvalue weighted by molar-refractivity contribution is 8.01. The van der Waals surface area contributed by atoms with Gasteiger partial charge in [-0.2, -0.15) is 5.26 Å². The average Bonchev–Trinajstić information content (AvgIpc) is 3.18. The van der Waals surface area contributed by atoms with Crippen LogP contribution in [-0.2, 0) is 19.1 Å². The molecule has 1 aromatic rings. The van der Waals surface area contributed by atoms with Crippen molar-refractivity contribution in [2.75, 3.05) is 50.0 Å². The monoisotopic (exact) mass is 515 g/mol. The second-order valence-electron chi connectivity index (χ2n) is 8.35. The summed E-state index contributed by atoms with van der Waals surface area (Å²) in [7, 11) is 0. The summed E-state index contributed by atoms with van der Waals surface area (Å²) in [5.41, 5.74) is 1.57. The van der Waals surface area contributed by atoms with E-state index in [1.54, 1.807) is 4.90 Å². The standard InChI is InChI=1S/C26H37N5O4S/c1-5-14-35-26(34)19(17-27)15-24-31(8-4)25(33)22(36-24)12-13-28-20-10-9-11-21(16-20)29-23(32)18-30(6-2)7-3/h5,9-11,16,19,22,24,28H,1,6-8,12-15,18H2,2-4H3,(H,29,32). The molecule has 2 rings (SSSR count). The van der Waals surface area contributed by atoms with E-state index in [1.807, 2.05) is 56.0 Å². The van der Waals surface area contributed by atoms with E-state index in [1.165, 1.54) is 17.8 Å². The summed E-state index contributed by atoms with van der Waals surface area (Å²) in [6.07, 6.45) is 2.28. The van der Waals surface area contributed by atoms with Gasteiger partial charge in [-0.3, -0.25) is 19.3 Å². The number of esters is 1. The number of nitrogens with zero attached hydrogens (tertiary/aromatic N) is 3. The van der Waals surface area contributed by atoms with E-state index in [4.69, 9.17) is 4.74 Å². The molecule has 1 saturated heterocycles. The molecule has 2 N–H and O–H groups in total. The van der Waals surface area contributed by atoms with Gasteiger partial charge in [-0.1, -0.05) is 32.6 Å². The molecule has 36 heavy (non-hydrogen) atoms. The van der Waals surface area contributed by atoms with E-state index in [0.717, 1.165) is 18.8 Å². The van der Waals surface area contributed by atoms with E-state index < -0.39 is 11.9 Å². The highest BCUT2D eigenvalue weighted by Gasteiger charge is 2.41. The third kappa shape index (κ3) is 8.57. The summed E-state index contributed by atoms with van der Waals surface area (Å²) in [4.78, 5) is 41.1. The van der Waals surface area contributed by atoms with Crippen LogP contribution < -0.4 is 10.6 Å². The molecule has 1 aliphatic rings. The lowest BCUT2D eigenvalue weighted by Gasteiger charge is -2.23. The summed E-state index contributed by atoms with van der Waals surface area (Å²) in [6, 6.07) is 9.51. The van der Waals surface area contributed by atoms with E-state index in [-0.39, 0.29) is 35.5 Å². The lowest BCUT2D eigenvalue weighted by molar-refractivity contribution is -0.146. The van der Waals surface area contributed by atoms with Crippen molar-refractivity contribution in [3.8, 4) is 6.07 Å². The molecule has 2 amide bonds. The van der Waals surface area contributed by atoms with Crippen LogP contribution in [0.15, 0.2) is 36.9 Å². The lowest BCUT2D eigenvalue weighted by atomic mass is 10.1. The fourth-order valence-electron chi connectivity index (χ4n) is 3.93.